The van der Waals surface area contributed by atoms with E-state index < -0.39 is 40.9 Å². The van der Waals surface area contributed by atoms with Crippen molar-refractivity contribution in [1.29, 1.82) is 0 Å². The van der Waals surface area contributed by atoms with Crippen molar-refractivity contribution in [2.45, 2.75) is 39.5 Å². The number of ketones is 1. The SMILES string of the molecule is CC(=O)c1ccc(N2C(=O)[C@H]3[C@H](CC=C4[C@H]3C[C@H]3C(=O)N(c5cc(-c6sc7ccc(Cl)cc7c6C)nn5C)C(=O)[C@@]3(C)[C@H]4c3cccc(O)c3)C2=O)cc1. The van der Waals surface area contributed by atoms with E-state index in [-0.39, 0.29) is 42.1 Å². The number of halogens is 1. The first-order chi connectivity index (χ1) is 25.8. The molecular weight excluding hydrogens is 724 g/mol. The van der Waals surface area contributed by atoms with Gasteiger partial charge in [-0.3, -0.25) is 33.6 Å². The molecule has 2 saturated heterocycles. The largest absolute Gasteiger partial charge is 0.508 e. The van der Waals surface area contributed by atoms with Gasteiger partial charge in [0.25, 0.3) is 0 Å². The van der Waals surface area contributed by atoms with E-state index in [4.69, 9.17) is 16.7 Å². The maximum Gasteiger partial charge on any atom is 0.242 e. The standard InChI is InChI=1S/C42H35ClN4O6S/c1-20-29-17-24(43)10-15-33(29)54-37(20)32-19-34(45(4)44-32)47-39(51)31-18-30-27(36(42(31,3)41(47)53)23-6-5-7-26(49)16-23)13-14-28-35(30)40(52)46(38(28)50)25-11-8-22(9-12-25)21(2)48/h5-13,15-17,19,28,30-31,35-36,49H,14,18H2,1-4H3/t28-,30+,31-,35-,36-,42+/m0/s1. The fourth-order valence-corrected chi connectivity index (χ4v) is 11.0. The molecule has 2 aliphatic carbocycles. The number of aromatic hydroxyl groups is 1. The normalized spacial score (nSPS) is 26.3. The number of carbonyl (C=O) groups is 5. The highest BCUT2D eigenvalue weighted by atomic mass is 35.5. The summed E-state index contributed by atoms with van der Waals surface area (Å²) < 4.78 is 2.60. The molecular formula is C42H35ClN4O6S. The van der Waals surface area contributed by atoms with Crippen LogP contribution < -0.4 is 9.80 Å². The van der Waals surface area contributed by atoms with Crippen molar-refractivity contribution >= 4 is 73.9 Å². The molecule has 9 rings (SSSR count). The smallest absolute Gasteiger partial charge is 0.242 e. The Labute approximate surface area is 319 Å². The topological polar surface area (TPSA) is 130 Å². The van der Waals surface area contributed by atoms with Crippen molar-refractivity contribution in [2.75, 3.05) is 9.80 Å². The molecule has 0 spiro atoms. The van der Waals surface area contributed by atoms with Gasteiger partial charge in [-0.2, -0.15) is 5.10 Å². The molecule has 1 saturated carbocycles. The number of hydrogen-bond acceptors (Lipinski definition) is 8. The minimum Gasteiger partial charge on any atom is -0.508 e. The van der Waals surface area contributed by atoms with Gasteiger partial charge in [-0.05, 0) is 111 Å². The molecule has 3 fully saturated rings. The third-order valence-corrected chi connectivity index (χ3v) is 13.8. The van der Waals surface area contributed by atoms with Crippen LogP contribution >= 0.6 is 22.9 Å². The Morgan fingerprint density at radius 3 is 2.43 bits per heavy atom. The number of imide groups is 2. The highest BCUT2D eigenvalue weighted by Gasteiger charge is 2.68. The quantitative estimate of drug-likeness (QED) is 0.111. The number of fused-ring (bicyclic) bond motifs is 5. The lowest BCUT2D eigenvalue weighted by Gasteiger charge is -2.49. The number of anilines is 2. The number of rotatable bonds is 5. The van der Waals surface area contributed by atoms with Gasteiger partial charge in [-0.15, -0.1) is 11.3 Å². The number of amides is 4. The van der Waals surface area contributed by atoms with Crippen molar-refractivity contribution in [3.63, 3.8) is 0 Å². The molecule has 2 aliphatic heterocycles. The average Bonchev–Trinajstić information content (AvgIpc) is 3.81. The third-order valence-electron chi connectivity index (χ3n) is 12.2. The van der Waals surface area contributed by atoms with Crippen LogP contribution in [0.4, 0.5) is 11.5 Å². The lowest BCUT2D eigenvalue weighted by atomic mass is 9.51. The predicted octanol–water partition coefficient (Wildman–Crippen LogP) is 7.61. The van der Waals surface area contributed by atoms with E-state index >= 15 is 4.79 Å². The molecule has 2 aromatic heterocycles. The van der Waals surface area contributed by atoms with Crippen molar-refractivity contribution in [1.82, 2.24) is 9.78 Å². The fourth-order valence-electron chi connectivity index (χ4n) is 9.63. The monoisotopic (exact) mass is 758 g/mol. The van der Waals surface area contributed by atoms with Crippen molar-refractivity contribution in [3.05, 3.63) is 106 Å². The molecule has 10 nitrogen and oxygen atoms in total. The lowest BCUT2D eigenvalue weighted by Crippen LogP contribution is -2.48. The van der Waals surface area contributed by atoms with Crippen molar-refractivity contribution < 1.29 is 29.1 Å². The first kappa shape index (κ1) is 34.4. The van der Waals surface area contributed by atoms with Crippen molar-refractivity contribution in [3.8, 4) is 16.3 Å². The Hall–Kier alpha value is -5.39. The Balaban J connectivity index is 1.13. The summed E-state index contributed by atoms with van der Waals surface area (Å²) >= 11 is 7.87. The summed E-state index contributed by atoms with van der Waals surface area (Å²) in [5.41, 5.74) is 2.68. The zero-order chi connectivity index (χ0) is 38.0. The van der Waals surface area contributed by atoms with Gasteiger partial charge in [0.15, 0.2) is 5.78 Å². The Kier molecular flexibility index (Phi) is 7.68. The maximum absolute atomic E-state index is 15.0. The van der Waals surface area contributed by atoms with Crippen LogP contribution in [0, 0.1) is 36.0 Å². The summed E-state index contributed by atoms with van der Waals surface area (Å²) in [7, 11) is 1.71. The van der Waals surface area contributed by atoms with Crippen LogP contribution in [0.2, 0.25) is 5.02 Å². The number of thiophene rings is 1. The Bertz CT molecular complexity index is 2540. The molecule has 0 radical (unpaired) electrons. The van der Waals surface area contributed by atoms with Crippen LogP contribution in [0.25, 0.3) is 20.7 Å². The number of nitrogens with zero attached hydrogens (tertiary/aromatic N) is 4. The Morgan fingerprint density at radius 1 is 0.944 bits per heavy atom. The zero-order valence-electron chi connectivity index (χ0n) is 29.9. The fraction of sp³-hybridized carbons (Fsp3) is 0.286. The second kappa shape index (κ2) is 12.1. The zero-order valence-corrected chi connectivity index (χ0v) is 31.4. The summed E-state index contributed by atoms with van der Waals surface area (Å²) in [6, 6.07) is 20.7. The van der Waals surface area contributed by atoms with Crippen molar-refractivity contribution in [2.24, 2.45) is 36.1 Å². The first-order valence-electron chi connectivity index (χ1n) is 17.9. The van der Waals surface area contributed by atoms with E-state index in [0.717, 1.165) is 26.1 Å². The summed E-state index contributed by atoms with van der Waals surface area (Å²) in [5, 5.41) is 17.1. The summed E-state index contributed by atoms with van der Waals surface area (Å²) in [4.78, 5) is 73.5. The van der Waals surface area contributed by atoms with Gasteiger partial charge >= 0.3 is 0 Å². The van der Waals surface area contributed by atoms with Gasteiger partial charge in [0.1, 0.15) is 17.3 Å². The average molecular weight is 759 g/mol. The minimum atomic E-state index is -1.28. The molecule has 5 aromatic rings. The van der Waals surface area contributed by atoms with Crippen LogP contribution in [-0.2, 0) is 26.2 Å². The second-order valence-corrected chi connectivity index (χ2v) is 16.6. The van der Waals surface area contributed by atoms with E-state index in [1.807, 2.05) is 44.2 Å². The van der Waals surface area contributed by atoms with E-state index in [1.165, 1.54) is 16.7 Å². The molecule has 4 aliphatic rings. The molecule has 272 valence electrons. The van der Waals surface area contributed by atoms with Crippen LogP contribution in [0.15, 0.2) is 84.4 Å². The summed E-state index contributed by atoms with van der Waals surface area (Å²) in [6.07, 6.45) is 2.46. The van der Waals surface area contributed by atoms with E-state index in [0.29, 0.717) is 33.3 Å². The van der Waals surface area contributed by atoms with Crippen LogP contribution in [0.5, 0.6) is 5.75 Å². The number of Topliss-reactive ketones (excluding diaryl/α,β-unsaturated/α-hetero) is 1. The predicted molar refractivity (Wildman–Crippen MR) is 205 cm³/mol. The van der Waals surface area contributed by atoms with Gasteiger partial charge in [0, 0.05) is 34.3 Å². The minimum absolute atomic E-state index is 0.0151. The molecule has 3 aromatic carbocycles. The molecule has 0 bridgehead atoms. The number of aryl methyl sites for hydroxylation is 2. The first-order valence-corrected chi connectivity index (χ1v) is 19.1. The highest BCUT2D eigenvalue weighted by Crippen LogP contribution is 2.64. The molecule has 0 unspecified atom stereocenters. The molecule has 1 N–H and O–H groups in total. The number of aromatic nitrogens is 2. The maximum atomic E-state index is 15.0. The van der Waals surface area contributed by atoms with Gasteiger partial charge in [0.2, 0.25) is 23.6 Å². The van der Waals surface area contributed by atoms with E-state index in [9.17, 15) is 24.3 Å². The van der Waals surface area contributed by atoms with Gasteiger partial charge < -0.3 is 5.11 Å². The van der Waals surface area contributed by atoms with E-state index in [2.05, 4.69) is 0 Å². The lowest BCUT2D eigenvalue weighted by molar-refractivity contribution is -0.131. The van der Waals surface area contributed by atoms with Gasteiger partial charge in [-0.1, -0.05) is 35.4 Å². The summed E-state index contributed by atoms with van der Waals surface area (Å²) in [6.45, 7) is 5.27. The number of benzene rings is 3. The highest BCUT2D eigenvalue weighted by molar-refractivity contribution is 7.22. The third kappa shape index (κ3) is 4.77. The van der Waals surface area contributed by atoms with Gasteiger partial charge in [-0.25, -0.2) is 4.90 Å². The number of hydrogen-bond donors (Lipinski definition) is 1. The van der Waals surface area contributed by atoms with Crippen LogP contribution in [0.1, 0.15) is 54.1 Å². The number of allylic oxidation sites excluding steroid dienone is 2. The van der Waals surface area contributed by atoms with E-state index in [1.54, 1.807) is 71.6 Å². The molecule has 12 heteroatoms. The molecule has 4 amide bonds. The van der Waals surface area contributed by atoms with Crippen LogP contribution in [-0.4, -0.2) is 44.3 Å². The number of phenolic OH excluding ortho intramolecular Hbond substituents is 1. The van der Waals surface area contributed by atoms with Gasteiger partial charge in [0.05, 0.1) is 33.7 Å². The Morgan fingerprint density at radius 2 is 1.70 bits per heavy atom. The molecule has 4 heterocycles. The molecule has 54 heavy (non-hydrogen) atoms. The number of carbonyl (C=O) groups excluding carboxylic acids is 5. The number of phenols is 1. The van der Waals surface area contributed by atoms with Crippen LogP contribution in [0.3, 0.4) is 0 Å². The second-order valence-electron chi connectivity index (χ2n) is 15.1. The molecule has 6 atom stereocenters. The summed E-state index contributed by atoms with van der Waals surface area (Å²) in [5.74, 6) is -4.65.